The minimum Gasteiger partial charge on any atom is -0.307 e. The Hall–Kier alpha value is -0.610. The average molecular weight is 301 g/mol. The number of hydrogen-bond acceptors (Lipinski definition) is 2. The summed E-state index contributed by atoms with van der Waals surface area (Å²) in [6.45, 7) is 3.79. The number of benzene rings is 1. The maximum Gasteiger partial charge on any atom is 0.449 e. The first-order valence-corrected chi connectivity index (χ1v) is 8.79. The van der Waals surface area contributed by atoms with E-state index in [4.69, 9.17) is 9.79 Å². The van der Waals surface area contributed by atoms with E-state index in [0.29, 0.717) is 10.8 Å². The second kappa shape index (κ2) is 7.85. The summed E-state index contributed by atoms with van der Waals surface area (Å²) in [7, 11) is -4.30. The second-order valence-electron chi connectivity index (χ2n) is 4.34. The Kier molecular flexibility index (Phi) is 6.80. The molecule has 0 heterocycles. The maximum atomic E-state index is 10.7. The zero-order valence-corrected chi connectivity index (χ0v) is 13.0. The van der Waals surface area contributed by atoms with E-state index in [0.717, 1.165) is 12.0 Å². The van der Waals surface area contributed by atoms with Gasteiger partial charge in [-0.25, -0.2) is 4.57 Å². The van der Waals surface area contributed by atoms with E-state index in [2.05, 4.69) is 36.0 Å². The summed E-state index contributed by atoms with van der Waals surface area (Å²) in [5.74, 6) is 0.670. The highest BCUT2D eigenvalue weighted by molar-refractivity contribution is 8.13. The largest absolute Gasteiger partial charge is 0.449 e. The summed E-state index contributed by atoms with van der Waals surface area (Å²) in [4.78, 5) is 17.4. The lowest BCUT2D eigenvalue weighted by Gasteiger charge is -2.04. The highest BCUT2D eigenvalue weighted by Crippen LogP contribution is 2.37. The molecule has 0 radical (unpaired) electrons. The molecule has 0 aliphatic carbocycles. The van der Waals surface area contributed by atoms with Crippen LogP contribution in [0.2, 0.25) is 0 Å². The Bertz CT molecular complexity index is 467. The van der Waals surface area contributed by atoms with Crippen molar-refractivity contribution < 1.29 is 14.4 Å². The summed E-state index contributed by atoms with van der Waals surface area (Å²) in [5, 5.41) is 0.406. The van der Waals surface area contributed by atoms with Crippen LogP contribution in [0.1, 0.15) is 37.8 Å². The van der Waals surface area contributed by atoms with Gasteiger partial charge in [0.2, 0.25) is 0 Å². The molecule has 0 unspecified atom stereocenters. The molecule has 6 heteroatoms. The predicted octanol–water partition coefficient (Wildman–Crippen LogP) is 3.77. The SMILES string of the molecule is CCCCc1ccc(CSC(C)=NP(=O)(O)O)cc1. The van der Waals surface area contributed by atoms with Crippen molar-refractivity contribution in [3.63, 3.8) is 0 Å². The number of aryl methyl sites for hydroxylation is 1. The Labute approximate surface area is 118 Å². The first-order valence-electron chi connectivity index (χ1n) is 6.23. The maximum absolute atomic E-state index is 10.7. The number of hydrogen-bond donors (Lipinski definition) is 2. The van der Waals surface area contributed by atoms with E-state index < -0.39 is 7.75 Å². The van der Waals surface area contributed by atoms with Gasteiger partial charge in [-0.15, -0.1) is 11.8 Å². The summed E-state index contributed by atoms with van der Waals surface area (Å²) < 4.78 is 14.0. The molecule has 106 valence electrons. The van der Waals surface area contributed by atoms with Gasteiger partial charge in [-0.1, -0.05) is 37.6 Å². The smallest absolute Gasteiger partial charge is 0.307 e. The Morgan fingerprint density at radius 1 is 1.26 bits per heavy atom. The van der Waals surface area contributed by atoms with Crippen molar-refractivity contribution in [1.82, 2.24) is 0 Å². The zero-order chi connectivity index (χ0) is 14.3. The number of nitrogens with zero attached hydrogens (tertiary/aromatic N) is 1. The van der Waals surface area contributed by atoms with Crippen LogP contribution in [0, 0.1) is 0 Å². The second-order valence-corrected chi connectivity index (χ2v) is 6.74. The van der Waals surface area contributed by atoms with Gasteiger partial charge in [0.05, 0.1) is 5.04 Å². The quantitative estimate of drug-likeness (QED) is 0.476. The molecule has 0 aliphatic heterocycles. The van der Waals surface area contributed by atoms with E-state index in [1.807, 2.05) is 0 Å². The molecule has 0 atom stereocenters. The lowest BCUT2D eigenvalue weighted by Crippen LogP contribution is -1.89. The van der Waals surface area contributed by atoms with Crippen molar-refractivity contribution in [2.75, 3.05) is 0 Å². The van der Waals surface area contributed by atoms with Crippen molar-refractivity contribution >= 4 is 24.6 Å². The zero-order valence-electron chi connectivity index (χ0n) is 11.2. The molecule has 2 N–H and O–H groups in total. The molecule has 1 aromatic carbocycles. The normalized spacial score (nSPS) is 12.7. The first kappa shape index (κ1) is 16.4. The number of rotatable bonds is 6. The topological polar surface area (TPSA) is 69.9 Å². The van der Waals surface area contributed by atoms with E-state index in [-0.39, 0.29) is 0 Å². The van der Waals surface area contributed by atoms with Gasteiger partial charge in [0.15, 0.2) is 0 Å². The first-order chi connectivity index (χ1) is 8.90. The molecular formula is C13H20NO3PS. The molecule has 19 heavy (non-hydrogen) atoms. The summed E-state index contributed by atoms with van der Waals surface area (Å²) >= 11 is 1.34. The molecule has 1 aromatic rings. The Balaban J connectivity index is 2.50. The van der Waals surface area contributed by atoms with Crippen molar-refractivity contribution in [2.45, 2.75) is 38.9 Å². The van der Waals surface area contributed by atoms with Crippen molar-refractivity contribution in [2.24, 2.45) is 4.76 Å². The molecule has 0 spiro atoms. The fourth-order valence-electron chi connectivity index (χ4n) is 1.58. The van der Waals surface area contributed by atoms with E-state index >= 15 is 0 Å². The van der Waals surface area contributed by atoms with Crippen LogP contribution in [0.3, 0.4) is 0 Å². The lowest BCUT2D eigenvalue weighted by molar-refractivity contribution is 0.375. The van der Waals surface area contributed by atoms with Gasteiger partial charge in [0, 0.05) is 5.75 Å². The highest BCUT2D eigenvalue weighted by atomic mass is 32.2. The summed E-state index contributed by atoms with van der Waals surface area (Å²) in [6.07, 6.45) is 3.49. The van der Waals surface area contributed by atoms with Crippen molar-refractivity contribution in [3.05, 3.63) is 35.4 Å². The summed E-state index contributed by atoms with van der Waals surface area (Å²) in [6, 6.07) is 8.34. The van der Waals surface area contributed by atoms with Gasteiger partial charge < -0.3 is 9.79 Å². The van der Waals surface area contributed by atoms with E-state index in [1.165, 1.54) is 30.2 Å². The van der Waals surface area contributed by atoms with Gasteiger partial charge in [0.25, 0.3) is 0 Å². The van der Waals surface area contributed by atoms with Crippen LogP contribution in [0.15, 0.2) is 29.0 Å². The minimum absolute atomic E-state index is 0.406. The van der Waals surface area contributed by atoms with Gasteiger partial charge in [-0.05, 0) is 30.9 Å². The summed E-state index contributed by atoms with van der Waals surface area (Å²) in [5.41, 5.74) is 2.46. The van der Waals surface area contributed by atoms with Crippen molar-refractivity contribution in [1.29, 1.82) is 0 Å². The van der Waals surface area contributed by atoms with E-state index in [9.17, 15) is 4.57 Å². The van der Waals surface area contributed by atoms with Crippen LogP contribution >= 0.6 is 19.5 Å². The fraction of sp³-hybridized carbons (Fsp3) is 0.462. The molecule has 0 aliphatic rings. The Morgan fingerprint density at radius 2 is 1.84 bits per heavy atom. The molecule has 0 saturated heterocycles. The molecule has 1 rings (SSSR count). The van der Waals surface area contributed by atoms with Crippen LogP contribution in [0.5, 0.6) is 0 Å². The average Bonchev–Trinajstić information content (AvgIpc) is 2.33. The standard InChI is InChI=1S/C13H20NO3PS/c1-3-4-5-12-6-8-13(9-7-12)10-19-11(2)14-18(15,16)17/h6-9H,3-5,10H2,1-2H3,(H2,15,16,17). The van der Waals surface area contributed by atoms with E-state index in [1.54, 1.807) is 6.92 Å². The molecule has 0 aromatic heterocycles. The van der Waals surface area contributed by atoms with Gasteiger partial charge in [-0.3, -0.25) is 0 Å². The third kappa shape index (κ3) is 7.53. The van der Waals surface area contributed by atoms with Crippen LogP contribution in [0.25, 0.3) is 0 Å². The molecular weight excluding hydrogens is 281 g/mol. The van der Waals surface area contributed by atoms with Crippen LogP contribution in [-0.2, 0) is 16.7 Å². The minimum atomic E-state index is -4.30. The number of unbranched alkanes of at least 4 members (excludes halogenated alkanes) is 1. The molecule has 0 amide bonds. The highest BCUT2D eigenvalue weighted by Gasteiger charge is 2.10. The molecule has 0 bridgehead atoms. The third-order valence-corrected chi connectivity index (χ3v) is 4.24. The molecule has 0 fully saturated rings. The lowest BCUT2D eigenvalue weighted by atomic mass is 10.1. The fourth-order valence-corrected chi connectivity index (χ4v) is 3.07. The number of thioether (sulfide) groups is 1. The van der Waals surface area contributed by atoms with Gasteiger partial charge >= 0.3 is 7.75 Å². The van der Waals surface area contributed by atoms with Crippen LogP contribution < -0.4 is 0 Å². The molecule has 0 saturated carbocycles. The predicted molar refractivity (Wildman–Crippen MR) is 81.5 cm³/mol. The van der Waals surface area contributed by atoms with Gasteiger partial charge in [0.1, 0.15) is 0 Å². The van der Waals surface area contributed by atoms with Crippen LogP contribution in [0.4, 0.5) is 0 Å². The van der Waals surface area contributed by atoms with Gasteiger partial charge in [-0.2, -0.15) is 4.76 Å². The van der Waals surface area contributed by atoms with Crippen LogP contribution in [-0.4, -0.2) is 14.8 Å². The Morgan fingerprint density at radius 3 is 2.37 bits per heavy atom. The van der Waals surface area contributed by atoms with Crippen molar-refractivity contribution in [3.8, 4) is 0 Å². The third-order valence-electron chi connectivity index (χ3n) is 2.56. The monoisotopic (exact) mass is 301 g/mol. The molecule has 4 nitrogen and oxygen atoms in total.